The van der Waals surface area contributed by atoms with Crippen molar-refractivity contribution in [2.75, 3.05) is 0 Å². The van der Waals surface area contributed by atoms with Gasteiger partial charge < -0.3 is 0 Å². The van der Waals surface area contributed by atoms with E-state index in [0.717, 1.165) is 46.0 Å². The van der Waals surface area contributed by atoms with Crippen molar-refractivity contribution in [2.45, 2.75) is 25.7 Å². The summed E-state index contributed by atoms with van der Waals surface area (Å²) < 4.78 is 1.80. The Morgan fingerprint density at radius 3 is 2.71 bits per heavy atom. The van der Waals surface area contributed by atoms with E-state index in [0.29, 0.717) is 6.42 Å². The van der Waals surface area contributed by atoms with Crippen molar-refractivity contribution in [3.8, 4) is 11.1 Å². The zero-order chi connectivity index (χ0) is 19.1. The summed E-state index contributed by atoms with van der Waals surface area (Å²) in [6.07, 6.45) is 9.45. The number of Topliss-reactive ketones (excluding diaryl/α,β-unsaturated/α-hetero) is 1. The molecule has 2 aromatic carbocycles. The summed E-state index contributed by atoms with van der Waals surface area (Å²) in [5, 5.41) is 6.41. The number of ketones is 1. The van der Waals surface area contributed by atoms with Gasteiger partial charge in [0.15, 0.2) is 5.78 Å². The van der Waals surface area contributed by atoms with Gasteiger partial charge >= 0.3 is 0 Å². The van der Waals surface area contributed by atoms with Gasteiger partial charge in [-0.15, -0.1) is 0 Å². The largest absolute Gasteiger partial charge is 0.294 e. The van der Waals surface area contributed by atoms with Crippen LogP contribution in [0.5, 0.6) is 0 Å². The van der Waals surface area contributed by atoms with Gasteiger partial charge in [-0.25, -0.2) is 0 Å². The predicted molar refractivity (Wildman–Crippen MR) is 110 cm³/mol. The van der Waals surface area contributed by atoms with Crippen molar-refractivity contribution < 1.29 is 4.79 Å². The normalized spacial score (nSPS) is 13.0. The summed E-state index contributed by atoms with van der Waals surface area (Å²) in [5.41, 5.74) is 6.52. The van der Waals surface area contributed by atoms with E-state index in [-0.39, 0.29) is 5.78 Å². The Balaban J connectivity index is 1.43. The summed E-state index contributed by atoms with van der Waals surface area (Å²) in [6.45, 7) is 0. The molecule has 0 N–H and O–H groups in total. The molecule has 0 unspecified atom stereocenters. The molecule has 1 aliphatic carbocycles. The monoisotopic (exact) mass is 367 g/mol. The van der Waals surface area contributed by atoms with Gasteiger partial charge in [0.05, 0.1) is 12.6 Å². The first-order valence-electron chi connectivity index (χ1n) is 9.68. The number of aryl methyl sites for hydroxylation is 3. The van der Waals surface area contributed by atoms with E-state index in [9.17, 15) is 4.79 Å². The van der Waals surface area contributed by atoms with Crippen LogP contribution in [0.4, 0.5) is 0 Å². The minimum atomic E-state index is 0.130. The third-order valence-corrected chi connectivity index (χ3v) is 5.58. The standard InChI is InChI=1S/C24H21N3O/c1-27-15-22(14-26-27)18-6-8-20-13-25-23(11-21(20)10-18)12-24(28)19-7-5-16-3-2-4-17(16)9-19/h5-11,13-15H,2-4,12H2,1H3. The number of fused-ring (bicyclic) bond motifs is 2. The van der Waals surface area contributed by atoms with Crippen LogP contribution in [0.3, 0.4) is 0 Å². The van der Waals surface area contributed by atoms with Crippen LogP contribution in [0.2, 0.25) is 0 Å². The average Bonchev–Trinajstić information content (AvgIpc) is 3.35. The van der Waals surface area contributed by atoms with Crippen molar-refractivity contribution in [2.24, 2.45) is 7.05 Å². The van der Waals surface area contributed by atoms with Gasteiger partial charge in [-0.1, -0.05) is 24.3 Å². The highest BCUT2D eigenvalue weighted by Crippen LogP contribution is 2.26. The molecule has 2 heterocycles. The fourth-order valence-electron chi connectivity index (χ4n) is 4.04. The molecular weight excluding hydrogens is 346 g/mol. The first-order chi connectivity index (χ1) is 13.7. The van der Waals surface area contributed by atoms with Gasteiger partial charge in [-0.3, -0.25) is 14.5 Å². The van der Waals surface area contributed by atoms with Gasteiger partial charge in [-0.05, 0) is 59.5 Å². The van der Waals surface area contributed by atoms with Crippen LogP contribution in [0.25, 0.3) is 21.9 Å². The lowest BCUT2D eigenvalue weighted by Gasteiger charge is -2.06. The number of carbonyl (C=O) groups is 1. The third kappa shape index (κ3) is 3.11. The van der Waals surface area contributed by atoms with Gasteiger partial charge in [-0.2, -0.15) is 5.10 Å². The number of carbonyl (C=O) groups excluding carboxylic acids is 1. The van der Waals surface area contributed by atoms with Crippen molar-refractivity contribution in [3.63, 3.8) is 0 Å². The SMILES string of the molecule is Cn1cc(-c2ccc3cnc(CC(=O)c4ccc5c(c4)CCC5)cc3c2)cn1. The minimum absolute atomic E-state index is 0.130. The van der Waals surface area contributed by atoms with Crippen LogP contribution in [-0.2, 0) is 26.3 Å². The third-order valence-electron chi connectivity index (χ3n) is 5.58. The molecule has 0 amide bonds. The molecule has 1 aliphatic rings. The van der Waals surface area contributed by atoms with Gasteiger partial charge in [0, 0.05) is 41.6 Å². The highest BCUT2D eigenvalue weighted by atomic mass is 16.1. The maximum absolute atomic E-state index is 12.8. The number of hydrogen-bond acceptors (Lipinski definition) is 3. The molecule has 5 rings (SSSR count). The number of benzene rings is 2. The molecule has 28 heavy (non-hydrogen) atoms. The smallest absolute Gasteiger partial charge is 0.168 e. The lowest BCUT2D eigenvalue weighted by Crippen LogP contribution is -2.05. The topological polar surface area (TPSA) is 47.8 Å². The second-order valence-corrected chi connectivity index (χ2v) is 7.58. The number of rotatable bonds is 4. The quantitative estimate of drug-likeness (QED) is 0.497. The van der Waals surface area contributed by atoms with Gasteiger partial charge in [0.2, 0.25) is 0 Å². The van der Waals surface area contributed by atoms with Crippen molar-refractivity contribution in [3.05, 3.63) is 83.4 Å². The summed E-state index contributed by atoms with van der Waals surface area (Å²) in [7, 11) is 1.91. The molecule has 2 aromatic heterocycles. The maximum Gasteiger partial charge on any atom is 0.168 e. The molecule has 0 radical (unpaired) electrons. The summed E-state index contributed by atoms with van der Waals surface area (Å²) in [6, 6.07) is 14.5. The number of nitrogens with zero attached hydrogens (tertiary/aromatic N) is 3. The Hall–Kier alpha value is -3.27. The van der Waals surface area contributed by atoms with Gasteiger partial charge in [0.25, 0.3) is 0 Å². The molecule has 138 valence electrons. The van der Waals surface area contributed by atoms with E-state index in [1.54, 1.807) is 4.68 Å². The van der Waals surface area contributed by atoms with E-state index in [4.69, 9.17) is 0 Å². The first kappa shape index (κ1) is 16.9. The summed E-state index contributed by atoms with van der Waals surface area (Å²) in [5.74, 6) is 0.130. The minimum Gasteiger partial charge on any atom is -0.294 e. The summed E-state index contributed by atoms with van der Waals surface area (Å²) in [4.78, 5) is 17.3. The number of aromatic nitrogens is 3. The lowest BCUT2D eigenvalue weighted by atomic mass is 10.00. The Kier molecular flexibility index (Phi) is 4.05. The van der Waals surface area contributed by atoms with Crippen LogP contribution in [-0.4, -0.2) is 20.5 Å². The molecule has 0 bridgehead atoms. The van der Waals surface area contributed by atoms with Crippen LogP contribution < -0.4 is 0 Å². The molecule has 0 spiro atoms. The lowest BCUT2D eigenvalue weighted by molar-refractivity contribution is 0.0992. The van der Waals surface area contributed by atoms with E-state index < -0.39 is 0 Å². The maximum atomic E-state index is 12.8. The Morgan fingerprint density at radius 1 is 0.964 bits per heavy atom. The van der Waals surface area contributed by atoms with Crippen LogP contribution >= 0.6 is 0 Å². The van der Waals surface area contributed by atoms with E-state index in [2.05, 4.69) is 40.4 Å². The molecular formula is C24H21N3O. The van der Waals surface area contributed by atoms with E-state index in [1.807, 2.05) is 37.8 Å². The molecule has 0 saturated heterocycles. The molecule has 0 fully saturated rings. The number of pyridine rings is 1. The number of hydrogen-bond donors (Lipinski definition) is 0. The van der Waals surface area contributed by atoms with Crippen molar-refractivity contribution in [1.82, 2.24) is 14.8 Å². The molecule has 0 aliphatic heterocycles. The van der Waals surface area contributed by atoms with Crippen LogP contribution in [0.15, 0.2) is 61.1 Å². The highest BCUT2D eigenvalue weighted by Gasteiger charge is 2.15. The van der Waals surface area contributed by atoms with E-state index >= 15 is 0 Å². The fraction of sp³-hybridized carbons (Fsp3) is 0.208. The van der Waals surface area contributed by atoms with Crippen molar-refractivity contribution >= 4 is 16.6 Å². The predicted octanol–water partition coefficient (Wildman–Crippen LogP) is 4.55. The molecule has 4 heteroatoms. The Morgan fingerprint density at radius 2 is 1.86 bits per heavy atom. The molecule has 0 atom stereocenters. The van der Waals surface area contributed by atoms with Crippen LogP contribution in [0, 0.1) is 0 Å². The molecule has 4 nitrogen and oxygen atoms in total. The molecule has 4 aromatic rings. The van der Waals surface area contributed by atoms with E-state index in [1.165, 1.54) is 17.5 Å². The zero-order valence-electron chi connectivity index (χ0n) is 15.9. The second kappa shape index (κ2) is 6.71. The van der Waals surface area contributed by atoms with Crippen molar-refractivity contribution in [1.29, 1.82) is 0 Å². The van der Waals surface area contributed by atoms with Gasteiger partial charge in [0.1, 0.15) is 0 Å². The Labute approximate surface area is 163 Å². The zero-order valence-corrected chi connectivity index (χ0v) is 15.9. The Bertz CT molecular complexity index is 1210. The summed E-state index contributed by atoms with van der Waals surface area (Å²) >= 11 is 0. The average molecular weight is 367 g/mol. The van der Waals surface area contributed by atoms with Crippen LogP contribution in [0.1, 0.15) is 33.6 Å². The first-order valence-corrected chi connectivity index (χ1v) is 9.68. The molecule has 0 saturated carbocycles. The second-order valence-electron chi connectivity index (χ2n) is 7.58. The highest BCUT2D eigenvalue weighted by molar-refractivity contribution is 5.98. The fourth-order valence-corrected chi connectivity index (χ4v) is 4.04.